The molecule has 1 aliphatic carbocycles. The number of fused-ring (bicyclic) bond motifs is 1. The minimum Gasteiger partial charge on any atom is -0.396 e. The number of piperidine rings is 2. The van der Waals surface area contributed by atoms with Crippen molar-refractivity contribution in [1.29, 1.82) is 0 Å². The summed E-state index contributed by atoms with van der Waals surface area (Å²) in [5, 5.41) is 18.2. The number of carbonyl (C=O) groups is 3. The molecule has 8 rings (SSSR count). The van der Waals surface area contributed by atoms with E-state index in [1.54, 1.807) is 0 Å². The van der Waals surface area contributed by atoms with Crippen LogP contribution in [0.1, 0.15) is 78.9 Å². The average molecular weight is 801 g/mol. The Morgan fingerprint density at radius 2 is 1.59 bits per heavy atom. The third-order valence-electron chi connectivity index (χ3n) is 12.5. The molecule has 4 aliphatic rings. The first-order valence-corrected chi connectivity index (χ1v) is 20.5. The Morgan fingerprint density at radius 1 is 0.845 bits per heavy atom. The van der Waals surface area contributed by atoms with E-state index in [0.29, 0.717) is 24.8 Å². The summed E-state index contributed by atoms with van der Waals surface area (Å²) in [6.07, 6.45) is 1.75. The summed E-state index contributed by atoms with van der Waals surface area (Å²) in [7, 11) is 0. The highest BCUT2D eigenvalue weighted by molar-refractivity contribution is 6.04. The van der Waals surface area contributed by atoms with E-state index >= 15 is 0 Å². The van der Waals surface area contributed by atoms with Crippen molar-refractivity contribution in [3.8, 4) is 0 Å². The van der Waals surface area contributed by atoms with Gasteiger partial charge in [0.05, 0.1) is 16.6 Å². The molecule has 12 nitrogen and oxygen atoms in total. The van der Waals surface area contributed by atoms with Crippen LogP contribution in [-0.2, 0) is 22.3 Å². The molecule has 1 saturated carbocycles. The van der Waals surface area contributed by atoms with Crippen LogP contribution in [0.2, 0.25) is 0 Å². The lowest BCUT2D eigenvalue weighted by Gasteiger charge is -2.43. The van der Waals surface area contributed by atoms with Gasteiger partial charge in [-0.15, -0.1) is 0 Å². The summed E-state index contributed by atoms with van der Waals surface area (Å²) in [6.45, 7) is 6.70. The molecule has 4 N–H and O–H groups in total. The molecule has 0 radical (unpaired) electrons. The van der Waals surface area contributed by atoms with E-state index in [1.807, 2.05) is 22.8 Å². The molecule has 3 amide bonds. The number of nitrogens with zero attached hydrogens (tertiary/aromatic N) is 5. The maximum atomic E-state index is 13.4. The van der Waals surface area contributed by atoms with E-state index in [-0.39, 0.29) is 35.9 Å². The largest absolute Gasteiger partial charge is 0.416 e. The third kappa shape index (κ3) is 9.01. The molecule has 4 heterocycles. The first kappa shape index (κ1) is 39.8. The summed E-state index contributed by atoms with van der Waals surface area (Å²) in [4.78, 5) is 49.3. The summed E-state index contributed by atoms with van der Waals surface area (Å²) < 4.78 is 42.3. The molecule has 3 saturated heterocycles. The zero-order chi connectivity index (χ0) is 40.4. The Kier molecular flexibility index (Phi) is 11.7. The first-order valence-electron chi connectivity index (χ1n) is 20.5. The van der Waals surface area contributed by atoms with E-state index in [9.17, 15) is 32.7 Å². The van der Waals surface area contributed by atoms with Crippen molar-refractivity contribution in [3.05, 3.63) is 83.4 Å². The van der Waals surface area contributed by atoms with Gasteiger partial charge in [-0.3, -0.25) is 34.8 Å². The van der Waals surface area contributed by atoms with Gasteiger partial charge in [-0.05, 0) is 118 Å². The Morgan fingerprint density at radius 3 is 2.28 bits per heavy atom. The van der Waals surface area contributed by atoms with E-state index < -0.39 is 23.7 Å². The molecule has 1 atom stereocenters. The average Bonchev–Trinajstić information content (AvgIpc) is 3.59. The number of piperazine rings is 1. The fraction of sp³-hybridized carbons (Fsp3) is 0.488. The number of halogens is 3. The number of aliphatic hydroxyl groups excluding tert-OH is 1. The molecule has 0 bridgehead atoms. The number of likely N-dealkylation sites (tertiary alicyclic amines) is 1. The highest BCUT2D eigenvalue weighted by Crippen LogP contribution is 2.38. The number of imidazole rings is 1. The van der Waals surface area contributed by atoms with Crippen molar-refractivity contribution < 1.29 is 32.7 Å². The second-order valence-corrected chi connectivity index (χ2v) is 16.2. The summed E-state index contributed by atoms with van der Waals surface area (Å²) in [6, 6.07) is 19.0. The lowest BCUT2D eigenvalue weighted by atomic mass is 9.86. The number of carbonyl (C=O) groups excluding carboxylic acids is 3. The standard InChI is InChI=1S/C43H51F3N8O4/c44-43(45,46)31-3-1-2-30(24-31)40(57)50-42-48-37-25-35(12-14-38(37)54(42)34-10-6-29(27-55)7-11-34)53-22-20-52(21-23-53)33-16-18-51(19-17-33)26-28-4-8-32(9-5-28)47-36-13-15-39(56)49-41(36)58/h1-5,8-9,12,14,24-25,29,33-34,36,47,55H,6-7,10-11,13,15-23,26-27H2,(H,48,50,57)(H,49,56,58). The summed E-state index contributed by atoms with van der Waals surface area (Å²) >= 11 is 0. The SMILES string of the molecule is O=C1CCC(Nc2ccc(CN3CCC(N4CCN(c5ccc6c(c5)nc(NC(=O)c5cccc(C(F)(F)F)c5)n6C5CCC(CO)CC5)CC4)CC3)cc2)C(=O)N1. The van der Waals surface area contributed by atoms with Crippen molar-refractivity contribution in [2.24, 2.45) is 5.92 Å². The monoisotopic (exact) mass is 800 g/mol. The molecule has 3 aromatic carbocycles. The number of benzene rings is 3. The molecule has 15 heteroatoms. The molecule has 1 unspecified atom stereocenters. The number of imide groups is 1. The van der Waals surface area contributed by atoms with Gasteiger partial charge >= 0.3 is 6.18 Å². The van der Waals surface area contributed by atoms with Crippen LogP contribution in [0.25, 0.3) is 11.0 Å². The fourth-order valence-corrected chi connectivity index (χ4v) is 9.12. The van der Waals surface area contributed by atoms with Gasteiger partial charge in [-0.2, -0.15) is 13.2 Å². The zero-order valence-electron chi connectivity index (χ0n) is 32.5. The topological polar surface area (TPSA) is 135 Å². The molecule has 4 aromatic rings. The van der Waals surface area contributed by atoms with Crippen LogP contribution in [-0.4, -0.2) is 100 Å². The predicted octanol–water partition coefficient (Wildman–Crippen LogP) is 6.03. The van der Waals surface area contributed by atoms with E-state index in [4.69, 9.17) is 4.98 Å². The van der Waals surface area contributed by atoms with Crippen LogP contribution >= 0.6 is 0 Å². The number of hydrogen-bond acceptors (Lipinski definition) is 9. The molecule has 3 aliphatic heterocycles. The maximum absolute atomic E-state index is 13.4. The highest BCUT2D eigenvalue weighted by atomic mass is 19.4. The number of rotatable bonds is 10. The predicted molar refractivity (Wildman–Crippen MR) is 216 cm³/mol. The molecular weight excluding hydrogens is 750 g/mol. The van der Waals surface area contributed by atoms with Crippen molar-refractivity contribution in [1.82, 2.24) is 24.7 Å². The lowest BCUT2D eigenvalue weighted by Crippen LogP contribution is -2.53. The highest BCUT2D eigenvalue weighted by Gasteiger charge is 2.33. The number of amides is 3. The normalized spacial score (nSPS) is 22.9. The Bertz CT molecular complexity index is 2100. The minimum absolute atomic E-state index is 0.0279. The molecule has 308 valence electrons. The quantitative estimate of drug-likeness (QED) is 0.142. The van der Waals surface area contributed by atoms with Crippen molar-refractivity contribution in [3.63, 3.8) is 0 Å². The van der Waals surface area contributed by atoms with Gasteiger partial charge in [0.15, 0.2) is 0 Å². The first-order chi connectivity index (χ1) is 28.0. The third-order valence-corrected chi connectivity index (χ3v) is 12.5. The van der Waals surface area contributed by atoms with Gasteiger partial charge in [0.25, 0.3) is 5.91 Å². The number of aliphatic hydroxyl groups is 1. The Labute approximate surface area is 335 Å². The second kappa shape index (κ2) is 17.1. The van der Waals surface area contributed by atoms with Gasteiger partial charge in [0.2, 0.25) is 17.8 Å². The molecule has 1 aromatic heterocycles. The van der Waals surface area contributed by atoms with Crippen molar-refractivity contribution in [2.45, 2.75) is 82.2 Å². The van der Waals surface area contributed by atoms with Gasteiger partial charge in [-0.1, -0.05) is 18.2 Å². The molecule has 0 spiro atoms. The smallest absolute Gasteiger partial charge is 0.396 e. The second-order valence-electron chi connectivity index (χ2n) is 16.2. The van der Waals surface area contributed by atoms with Crippen LogP contribution in [0.3, 0.4) is 0 Å². The Balaban J connectivity index is 0.872. The van der Waals surface area contributed by atoms with E-state index in [2.05, 4.69) is 54.9 Å². The van der Waals surface area contributed by atoms with Crippen LogP contribution < -0.4 is 20.9 Å². The Hall–Kier alpha value is -4.99. The fourth-order valence-electron chi connectivity index (χ4n) is 9.12. The number of hydrogen-bond donors (Lipinski definition) is 4. The maximum Gasteiger partial charge on any atom is 0.416 e. The lowest BCUT2D eigenvalue weighted by molar-refractivity contribution is -0.137. The summed E-state index contributed by atoms with van der Waals surface area (Å²) in [5.74, 6) is -0.596. The van der Waals surface area contributed by atoms with Crippen LogP contribution in [0.15, 0.2) is 66.7 Å². The van der Waals surface area contributed by atoms with E-state index in [1.165, 1.54) is 17.7 Å². The van der Waals surface area contributed by atoms with Crippen molar-refractivity contribution >= 4 is 46.1 Å². The molecular formula is C43H51F3N8O4. The van der Waals surface area contributed by atoms with Gasteiger partial charge in [0, 0.05) is 74.8 Å². The minimum atomic E-state index is -4.56. The number of nitrogens with one attached hydrogen (secondary N) is 3. The molecule has 4 fully saturated rings. The van der Waals surface area contributed by atoms with Gasteiger partial charge in [-0.25, -0.2) is 4.98 Å². The van der Waals surface area contributed by atoms with Gasteiger partial charge in [0.1, 0.15) is 6.04 Å². The van der Waals surface area contributed by atoms with Crippen LogP contribution in [0.5, 0.6) is 0 Å². The van der Waals surface area contributed by atoms with Crippen molar-refractivity contribution in [2.75, 3.05) is 61.4 Å². The zero-order valence-corrected chi connectivity index (χ0v) is 32.5. The van der Waals surface area contributed by atoms with Gasteiger partial charge < -0.3 is 19.9 Å². The van der Waals surface area contributed by atoms with Crippen LogP contribution in [0.4, 0.5) is 30.5 Å². The number of aromatic nitrogens is 2. The summed E-state index contributed by atoms with van der Waals surface area (Å²) in [5.41, 5.74) is 3.75. The number of alkyl halides is 3. The number of anilines is 3. The van der Waals surface area contributed by atoms with Crippen LogP contribution in [0, 0.1) is 5.92 Å². The molecule has 58 heavy (non-hydrogen) atoms. The van der Waals surface area contributed by atoms with E-state index in [0.717, 1.165) is 119 Å².